The minimum Gasteiger partial charge on any atom is -0.295 e. The standard InChI is InChI=1S/C13H16O/c1-9(14)10-4-5-12-11(8-10)6-7-13(12,2)3/h4-5,8H,6-7H2,1-3H3. The topological polar surface area (TPSA) is 17.1 Å². The summed E-state index contributed by atoms with van der Waals surface area (Å²) in [5.74, 6) is 0.164. The maximum Gasteiger partial charge on any atom is 0.159 e. The molecule has 0 atom stereocenters. The lowest BCUT2D eigenvalue weighted by molar-refractivity contribution is 0.101. The van der Waals surface area contributed by atoms with Crippen LogP contribution in [-0.4, -0.2) is 5.78 Å². The van der Waals surface area contributed by atoms with Crippen LogP contribution in [-0.2, 0) is 11.8 Å². The van der Waals surface area contributed by atoms with Crippen molar-refractivity contribution in [1.82, 2.24) is 0 Å². The van der Waals surface area contributed by atoms with E-state index in [2.05, 4.69) is 26.0 Å². The molecule has 1 aliphatic carbocycles. The van der Waals surface area contributed by atoms with E-state index >= 15 is 0 Å². The molecule has 0 radical (unpaired) electrons. The Balaban J connectivity index is 2.49. The van der Waals surface area contributed by atoms with Crippen LogP contribution in [0.15, 0.2) is 18.2 Å². The molecule has 1 aromatic carbocycles. The molecule has 0 heterocycles. The Kier molecular flexibility index (Phi) is 1.99. The van der Waals surface area contributed by atoms with Gasteiger partial charge in [-0.15, -0.1) is 0 Å². The summed E-state index contributed by atoms with van der Waals surface area (Å²) in [7, 11) is 0. The van der Waals surface area contributed by atoms with Gasteiger partial charge in [-0.1, -0.05) is 26.0 Å². The highest BCUT2D eigenvalue weighted by molar-refractivity contribution is 5.94. The number of hydrogen-bond acceptors (Lipinski definition) is 1. The fourth-order valence-electron chi connectivity index (χ4n) is 2.26. The van der Waals surface area contributed by atoms with Crippen LogP contribution in [0.3, 0.4) is 0 Å². The second-order valence-corrected chi connectivity index (χ2v) is 4.81. The molecule has 2 rings (SSSR count). The SMILES string of the molecule is CC(=O)c1ccc2c(c1)CCC2(C)C. The van der Waals surface area contributed by atoms with E-state index in [1.807, 2.05) is 6.07 Å². The summed E-state index contributed by atoms with van der Waals surface area (Å²) in [4.78, 5) is 11.2. The molecule has 0 saturated carbocycles. The monoisotopic (exact) mass is 188 g/mol. The van der Waals surface area contributed by atoms with Gasteiger partial charge in [-0.2, -0.15) is 0 Å². The first-order valence-corrected chi connectivity index (χ1v) is 5.15. The molecule has 0 saturated heterocycles. The van der Waals surface area contributed by atoms with Crippen molar-refractivity contribution in [3.05, 3.63) is 34.9 Å². The molecule has 0 N–H and O–H groups in total. The fourth-order valence-corrected chi connectivity index (χ4v) is 2.26. The summed E-state index contributed by atoms with van der Waals surface area (Å²) < 4.78 is 0. The van der Waals surface area contributed by atoms with Gasteiger partial charge >= 0.3 is 0 Å². The maximum absolute atomic E-state index is 11.2. The predicted molar refractivity (Wildman–Crippen MR) is 57.8 cm³/mol. The Morgan fingerprint density at radius 3 is 2.71 bits per heavy atom. The van der Waals surface area contributed by atoms with Crippen LogP contribution in [0, 0.1) is 0 Å². The fraction of sp³-hybridized carbons (Fsp3) is 0.462. The summed E-state index contributed by atoms with van der Waals surface area (Å²) in [5.41, 5.74) is 3.93. The van der Waals surface area contributed by atoms with Crippen LogP contribution in [0.25, 0.3) is 0 Å². The zero-order valence-corrected chi connectivity index (χ0v) is 9.05. The van der Waals surface area contributed by atoms with Gasteiger partial charge in [-0.25, -0.2) is 0 Å². The van der Waals surface area contributed by atoms with E-state index in [1.54, 1.807) is 6.92 Å². The Morgan fingerprint density at radius 2 is 2.07 bits per heavy atom. The summed E-state index contributed by atoms with van der Waals surface area (Å²) in [5, 5.41) is 0. The Labute approximate surface area is 85.1 Å². The smallest absolute Gasteiger partial charge is 0.159 e. The predicted octanol–water partition coefficient (Wildman–Crippen LogP) is 3.11. The second kappa shape index (κ2) is 2.94. The number of hydrogen-bond donors (Lipinski definition) is 0. The molecule has 1 aliphatic rings. The number of carbonyl (C=O) groups excluding carboxylic acids is 1. The molecular formula is C13H16O. The summed E-state index contributed by atoms with van der Waals surface area (Å²) in [6.45, 7) is 6.17. The minimum absolute atomic E-state index is 0.164. The van der Waals surface area contributed by atoms with Gasteiger partial charge in [0.05, 0.1) is 0 Å². The molecule has 0 spiro atoms. The number of ketones is 1. The average Bonchev–Trinajstić information content (AvgIpc) is 2.42. The zero-order chi connectivity index (χ0) is 10.3. The third-order valence-corrected chi connectivity index (χ3v) is 3.26. The van der Waals surface area contributed by atoms with Crippen molar-refractivity contribution < 1.29 is 4.79 Å². The normalized spacial score (nSPS) is 17.9. The number of benzene rings is 1. The molecule has 0 aliphatic heterocycles. The van der Waals surface area contributed by atoms with Crippen molar-refractivity contribution in [3.63, 3.8) is 0 Å². The molecule has 14 heavy (non-hydrogen) atoms. The maximum atomic E-state index is 11.2. The molecular weight excluding hydrogens is 172 g/mol. The van der Waals surface area contributed by atoms with Crippen molar-refractivity contribution in [1.29, 1.82) is 0 Å². The number of Topliss-reactive ketones (excluding diaryl/α,β-unsaturated/α-hetero) is 1. The van der Waals surface area contributed by atoms with Gasteiger partial charge in [0.1, 0.15) is 0 Å². The molecule has 0 unspecified atom stereocenters. The average molecular weight is 188 g/mol. The lowest BCUT2D eigenvalue weighted by Crippen LogP contribution is -2.11. The Bertz CT molecular complexity index is 388. The largest absolute Gasteiger partial charge is 0.295 e. The van der Waals surface area contributed by atoms with E-state index in [4.69, 9.17) is 0 Å². The van der Waals surface area contributed by atoms with Crippen LogP contribution >= 0.6 is 0 Å². The second-order valence-electron chi connectivity index (χ2n) is 4.81. The Morgan fingerprint density at radius 1 is 1.36 bits per heavy atom. The highest BCUT2D eigenvalue weighted by Crippen LogP contribution is 2.38. The van der Waals surface area contributed by atoms with E-state index in [9.17, 15) is 4.79 Å². The third-order valence-electron chi connectivity index (χ3n) is 3.26. The highest BCUT2D eigenvalue weighted by Gasteiger charge is 2.29. The van der Waals surface area contributed by atoms with Crippen LogP contribution in [0.5, 0.6) is 0 Å². The number of aryl methyl sites for hydroxylation is 1. The van der Waals surface area contributed by atoms with Gasteiger partial charge in [0, 0.05) is 5.56 Å². The van der Waals surface area contributed by atoms with Gasteiger partial charge in [0.2, 0.25) is 0 Å². The minimum atomic E-state index is 0.164. The van der Waals surface area contributed by atoms with Gasteiger partial charge < -0.3 is 0 Å². The number of fused-ring (bicyclic) bond motifs is 1. The summed E-state index contributed by atoms with van der Waals surface area (Å²) in [6.07, 6.45) is 2.31. The first-order chi connectivity index (χ1) is 6.50. The van der Waals surface area contributed by atoms with Crippen LogP contribution in [0.2, 0.25) is 0 Å². The van der Waals surface area contributed by atoms with Gasteiger partial charge in [-0.3, -0.25) is 4.79 Å². The highest BCUT2D eigenvalue weighted by atomic mass is 16.1. The molecule has 1 heteroatoms. The van der Waals surface area contributed by atoms with Gasteiger partial charge in [0.25, 0.3) is 0 Å². The third kappa shape index (κ3) is 1.37. The van der Waals surface area contributed by atoms with Crippen LogP contribution < -0.4 is 0 Å². The van der Waals surface area contributed by atoms with Gasteiger partial charge in [-0.05, 0) is 42.4 Å². The van der Waals surface area contributed by atoms with E-state index in [-0.39, 0.29) is 5.78 Å². The van der Waals surface area contributed by atoms with Crippen molar-refractivity contribution in [2.45, 2.75) is 39.0 Å². The van der Waals surface area contributed by atoms with E-state index in [0.717, 1.165) is 12.0 Å². The van der Waals surface area contributed by atoms with Crippen molar-refractivity contribution in [3.8, 4) is 0 Å². The van der Waals surface area contributed by atoms with E-state index in [0.29, 0.717) is 5.41 Å². The molecule has 0 aromatic heterocycles. The van der Waals surface area contributed by atoms with Crippen LogP contribution in [0.1, 0.15) is 48.7 Å². The number of rotatable bonds is 1. The van der Waals surface area contributed by atoms with E-state index < -0.39 is 0 Å². The van der Waals surface area contributed by atoms with Crippen molar-refractivity contribution in [2.24, 2.45) is 0 Å². The van der Waals surface area contributed by atoms with Gasteiger partial charge in [0.15, 0.2) is 5.78 Å². The first kappa shape index (κ1) is 9.45. The lowest BCUT2D eigenvalue weighted by atomic mass is 9.86. The zero-order valence-electron chi connectivity index (χ0n) is 9.05. The molecule has 1 nitrogen and oxygen atoms in total. The molecule has 1 aromatic rings. The first-order valence-electron chi connectivity index (χ1n) is 5.15. The Hall–Kier alpha value is -1.11. The molecule has 74 valence electrons. The number of carbonyl (C=O) groups is 1. The lowest BCUT2D eigenvalue weighted by Gasteiger charge is -2.18. The van der Waals surface area contributed by atoms with E-state index in [1.165, 1.54) is 17.5 Å². The van der Waals surface area contributed by atoms with Crippen molar-refractivity contribution in [2.75, 3.05) is 0 Å². The van der Waals surface area contributed by atoms with Crippen molar-refractivity contribution >= 4 is 5.78 Å². The summed E-state index contributed by atoms with van der Waals surface area (Å²) >= 11 is 0. The summed E-state index contributed by atoms with van der Waals surface area (Å²) in [6, 6.07) is 6.14. The molecule has 0 fully saturated rings. The quantitative estimate of drug-likeness (QED) is 0.619. The molecule has 0 amide bonds. The molecule has 0 bridgehead atoms. The van der Waals surface area contributed by atoms with Crippen LogP contribution in [0.4, 0.5) is 0 Å².